The molecule has 0 aliphatic heterocycles. The number of aromatic nitrogens is 6. The standard InChI is InChI=1S/C83H52F3N7/c1-52-18-14-30-71(83(84,85)86)78(52)79-76(92-72-46-58(62-39-43-88-51-70(62)54-19-6-2-7-20-54)31-35-66(72)67-36-32-59(47-73(67)92)63-27-15-40-89-80(63)55-21-8-3-9-22-55)44-53(50-87)45-77(79)93-74-48-60(64-28-16-41-90-81(64)56-23-10-4-11-24-56)33-37-68(74)69-38-34-61(49-75(69)93)65-29-17-42-91-82(65)57-25-12-5-13-26-57/h2-49,51H,1H3. The molecule has 16 rings (SSSR count). The maximum Gasteiger partial charge on any atom is 0.417 e. The van der Waals surface area contributed by atoms with Gasteiger partial charge in [0.2, 0.25) is 0 Å². The van der Waals surface area contributed by atoms with Crippen molar-refractivity contribution in [3.63, 3.8) is 0 Å². The van der Waals surface area contributed by atoms with Crippen LogP contribution in [-0.2, 0) is 6.18 Å². The van der Waals surface area contributed by atoms with Gasteiger partial charge in [0.05, 0.1) is 67.7 Å². The van der Waals surface area contributed by atoms with Gasteiger partial charge in [0, 0.05) is 103 Å². The van der Waals surface area contributed by atoms with Crippen LogP contribution in [0, 0.1) is 18.3 Å². The lowest BCUT2D eigenvalue weighted by molar-refractivity contribution is -0.137. The highest BCUT2D eigenvalue weighted by Crippen LogP contribution is 2.50. The summed E-state index contributed by atoms with van der Waals surface area (Å²) in [7, 11) is 0. The topological polar surface area (TPSA) is 85.2 Å². The van der Waals surface area contributed by atoms with E-state index in [-0.39, 0.29) is 16.7 Å². The van der Waals surface area contributed by atoms with Crippen LogP contribution in [0.15, 0.2) is 298 Å². The molecular formula is C83H52F3N7. The van der Waals surface area contributed by atoms with E-state index < -0.39 is 11.7 Å². The molecule has 0 fully saturated rings. The molecule has 7 nitrogen and oxygen atoms in total. The van der Waals surface area contributed by atoms with Crippen molar-refractivity contribution in [1.29, 1.82) is 5.26 Å². The summed E-state index contributed by atoms with van der Waals surface area (Å²) < 4.78 is 54.0. The Morgan fingerprint density at radius 1 is 0.344 bits per heavy atom. The minimum atomic E-state index is -4.84. The number of hydrogen-bond donors (Lipinski definition) is 0. The van der Waals surface area contributed by atoms with Crippen LogP contribution in [0.5, 0.6) is 0 Å². The molecule has 0 atom stereocenters. The maximum atomic E-state index is 16.6. The van der Waals surface area contributed by atoms with Gasteiger partial charge >= 0.3 is 6.18 Å². The van der Waals surface area contributed by atoms with Gasteiger partial charge in [-0.1, -0.05) is 200 Å². The molecule has 0 spiro atoms. The van der Waals surface area contributed by atoms with Crippen LogP contribution in [0.4, 0.5) is 13.2 Å². The lowest BCUT2D eigenvalue weighted by Gasteiger charge is -2.24. The van der Waals surface area contributed by atoms with E-state index in [1.54, 1.807) is 49.9 Å². The van der Waals surface area contributed by atoms with Gasteiger partial charge in [-0.05, 0) is 113 Å². The van der Waals surface area contributed by atoms with Crippen molar-refractivity contribution in [3.05, 3.63) is 315 Å². The molecular weight excluding hydrogens is 1150 g/mol. The molecule has 10 heteroatoms. The third-order valence-corrected chi connectivity index (χ3v) is 17.8. The van der Waals surface area contributed by atoms with Crippen LogP contribution < -0.4 is 0 Å². The van der Waals surface area contributed by atoms with E-state index in [1.165, 1.54) is 12.1 Å². The van der Waals surface area contributed by atoms with Crippen LogP contribution in [-0.4, -0.2) is 29.1 Å². The molecule has 0 N–H and O–H groups in total. The average molecular weight is 1200 g/mol. The summed E-state index contributed by atoms with van der Waals surface area (Å²) in [5.74, 6) is 0. The Bertz CT molecular complexity index is 5050. The largest absolute Gasteiger partial charge is 0.417 e. The first-order valence-corrected chi connectivity index (χ1v) is 30.6. The van der Waals surface area contributed by atoms with Crippen molar-refractivity contribution in [2.45, 2.75) is 13.1 Å². The Balaban J connectivity index is 1.07. The maximum absolute atomic E-state index is 16.6. The fourth-order valence-corrected chi connectivity index (χ4v) is 13.6. The molecule has 0 aliphatic carbocycles. The molecule has 16 aromatic rings. The molecule has 0 amide bonds. The number of rotatable bonds is 11. The number of halogens is 3. The minimum Gasteiger partial charge on any atom is -0.308 e. The predicted octanol–water partition coefficient (Wildman–Crippen LogP) is 21.7. The van der Waals surface area contributed by atoms with Crippen molar-refractivity contribution in [2.24, 2.45) is 0 Å². The SMILES string of the molecule is Cc1cccc(C(F)(F)F)c1-c1c(-n2c3cc(-c4ccncc4-c4ccccc4)ccc3c3ccc(-c4cccnc4-c4ccccc4)cc32)cc(C#N)cc1-n1c2cc(-c3cccnc3-c3ccccc3)ccc2c2ccc(-c3cccnc3-c3ccccc3)cc21. The smallest absolute Gasteiger partial charge is 0.308 e. The normalized spacial score (nSPS) is 11.6. The van der Waals surface area contributed by atoms with Crippen molar-refractivity contribution < 1.29 is 13.2 Å². The fourth-order valence-electron chi connectivity index (χ4n) is 13.6. The minimum absolute atomic E-state index is 0.0273. The predicted molar refractivity (Wildman–Crippen MR) is 370 cm³/mol. The highest BCUT2D eigenvalue weighted by atomic mass is 19.4. The van der Waals surface area contributed by atoms with E-state index in [9.17, 15) is 5.26 Å². The number of nitrogens with zero attached hydrogens (tertiary/aromatic N) is 7. The second-order valence-corrected chi connectivity index (χ2v) is 23.2. The third kappa shape index (κ3) is 9.78. The summed E-state index contributed by atoms with van der Waals surface area (Å²) in [6.07, 6.45) is 4.16. The first-order chi connectivity index (χ1) is 45.7. The fraction of sp³-hybridized carbons (Fsp3) is 0.0241. The van der Waals surface area contributed by atoms with Crippen LogP contribution in [0.25, 0.3) is 156 Å². The Kier molecular flexibility index (Phi) is 13.8. The Labute approximate surface area is 533 Å². The second-order valence-electron chi connectivity index (χ2n) is 23.2. The van der Waals surface area contributed by atoms with E-state index in [0.717, 1.165) is 111 Å². The third-order valence-electron chi connectivity index (χ3n) is 17.8. The molecule has 0 bridgehead atoms. The summed E-state index contributed by atoms with van der Waals surface area (Å²) in [5.41, 5.74) is 17.4. The molecule has 6 aromatic heterocycles. The first kappa shape index (κ1) is 56.0. The van der Waals surface area contributed by atoms with E-state index in [0.29, 0.717) is 39.0 Å². The zero-order valence-corrected chi connectivity index (χ0v) is 50.1. The second kappa shape index (κ2) is 22.9. The van der Waals surface area contributed by atoms with E-state index in [4.69, 9.17) is 15.0 Å². The van der Waals surface area contributed by atoms with Crippen molar-refractivity contribution in [3.8, 4) is 118 Å². The van der Waals surface area contributed by atoms with Gasteiger partial charge < -0.3 is 9.13 Å². The molecule has 93 heavy (non-hydrogen) atoms. The molecule has 0 radical (unpaired) electrons. The summed E-state index contributed by atoms with van der Waals surface area (Å²) in [6, 6.07) is 89.7. The van der Waals surface area contributed by atoms with Gasteiger partial charge in [0.15, 0.2) is 0 Å². The quantitative estimate of drug-likeness (QED) is 0.129. The number of benzene rings is 10. The highest BCUT2D eigenvalue weighted by molar-refractivity contribution is 6.15. The summed E-state index contributed by atoms with van der Waals surface area (Å²) in [5, 5.41) is 15.1. The van der Waals surface area contributed by atoms with Gasteiger partial charge in [-0.3, -0.25) is 19.9 Å². The molecule has 0 unspecified atom stereocenters. The van der Waals surface area contributed by atoms with Gasteiger partial charge in [0.1, 0.15) is 0 Å². The van der Waals surface area contributed by atoms with E-state index in [2.05, 4.69) is 105 Å². The zero-order valence-electron chi connectivity index (χ0n) is 50.1. The van der Waals surface area contributed by atoms with E-state index in [1.807, 2.05) is 158 Å². The number of fused-ring (bicyclic) bond motifs is 6. The molecule has 0 aliphatic rings. The van der Waals surface area contributed by atoms with Gasteiger partial charge in [-0.25, -0.2) is 0 Å². The van der Waals surface area contributed by atoms with Crippen LogP contribution in [0.2, 0.25) is 0 Å². The Hall–Kier alpha value is -12.3. The lowest BCUT2D eigenvalue weighted by atomic mass is 9.90. The molecule has 0 saturated heterocycles. The molecule has 6 heterocycles. The monoisotopic (exact) mass is 1200 g/mol. The Morgan fingerprint density at radius 3 is 1.12 bits per heavy atom. The number of alkyl halides is 3. The first-order valence-electron chi connectivity index (χ1n) is 30.6. The van der Waals surface area contributed by atoms with Crippen molar-refractivity contribution in [2.75, 3.05) is 0 Å². The van der Waals surface area contributed by atoms with Gasteiger partial charge in [-0.15, -0.1) is 0 Å². The van der Waals surface area contributed by atoms with Gasteiger partial charge in [0.25, 0.3) is 0 Å². The summed E-state index contributed by atoms with van der Waals surface area (Å²) in [6.45, 7) is 1.74. The Morgan fingerprint density at radius 2 is 0.731 bits per heavy atom. The molecule has 10 aromatic carbocycles. The molecule has 440 valence electrons. The number of pyridine rings is 4. The van der Waals surface area contributed by atoms with Crippen LogP contribution in [0.3, 0.4) is 0 Å². The van der Waals surface area contributed by atoms with E-state index >= 15 is 13.2 Å². The van der Waals surface area contributed by atoms with Crippen molar-refractivity contribution >= 4 is 43.6 Å². The summed E-state index contributed by atoms with van der Waals surface area (Å²) in [4.78, 5) is 19.4. The lowest BCUT2D eigenvalue weighted by Crippen LogP contribution is -2.12. The van der Waals surface area contributed by atoms with Crippen molar-refractivity contribution in [1.82, 2.24) is 29.1 Å². The average Bonchev–Trinajstić information content (AvgIpc) is 1.61. The highest BCUT2D eigenvalue weighted by Gasteiger charge is 2.37. The molecule has 0 saturated carbocycles. The van der Waals surface area contributed by atoms with Gasteiger partial charge in [-0.2, -0.15) is 18.4 Å². The van der Waals surface area contributed by atoms with Crippen LogP contribution in [0.1, 0.15) is 16.7 Å². The number of hydrogen-bond acceptors (Lipinski definition) is 5. The summed E-state index contributed by atoms with van der Waals surface area (Å²) >= 11 is 0. The number of aryl methyl sites for hydroxylation is 1. The zero-order chi connectivity index (χ0) is 62.7. The number of nitriles is 1. The van der Waals surface area contributed by atoms with Crippen LogP contribution >= 0.6 is 0 Å².